The molecule has 1 heterocycles. The predicted molar refractivity (Wildman–Crippen MR) is 72.2 cm³/mol. The molecule has 0 aromatic heterocycles. The lowest BCUT2D eigenvalue weighted by molar-refractivity contribution is -0.138. The summed E-state index contributed by atoms with van der Waals surface area (Å²) >= 11 is -0.931. The van der Waals surface area contributed by atoms with Crippen LogP contribution in [0.5, 0.6) is 0 Å². The van der Waals surface area contributed by atoms with Crippen molar-refractivity contribution in [2.45, 2.75) is 26.2 Å². The summed E-state index contributed by atoms with van der Waals surface area (Å²) in [6.45, 7) is 4.41. The summed E-state index contributed by atoms with van der Waals surface area (Å²) in [5.74, 6) is -0.624. The maximum atomic E-state index is 11.8. The van der Waals surface area contributed by atoms with E-state index in [0.717, 1.165) is 29.8 Å². The zero-order chi connectivity index (χ0) is 13.3. The molecule has 98 valence electrons. The summed E-state index contributed by atoms with van der Waals surface area (Å²) in [6.07, 6.45) is 0.944. The quantitative estimate of drug-likeness (QED) is 0.851. The second-order valence-corrected chi connectivity index (χ2v) is 6.08. The van der Waals surface area contributed by atoms with Gasteiger partial charge in [-0.25, -0.2) is 0 Å². The average Bonchev–Trinajstić information content (AvgIpc) is 2.74. The van der Waals surface area contributed by atoms with Gasteiger partial charge in [0.05, 0.1) is 29.5 Å². The Hall–Kier alpha value is -1.20. The van der Waals surface area contributed by atoms with Crippen LogP contribution in [0.4, 0.5) is 5.69 Å². The van der Waals surface area contributed by atoms with Crippen molar-refractivity contribution in [3.8, 4) is 0 Å². The van der Waals surface area contributed by atoms with Crippen molar-refractivity contribution < 1.29 is 14.5 Å². The third kappa shape index (κ3) is 2.47. The molecule has 1 aliphatic rings. The molecule has 1 aliphatic heterocycles. The number of nitrogens with zero attached hydrogens (tertiary/aromatic N) is 1. The van der Waals surface area contributed by atoms with Gasteiger partial charge < -0.3 is 9.66 Å². The monoisotopic (exact) mass is 267 g/mol. The lowest BCUT2D eigenvalue weighted by atomic mass is 9.98. The van der Waals surface area contributed by atoms with Gasteiger partial charge in [0.15, 0.2) is 0 Å². The number of carbonyl (C=O) groups is 1. The molecule has 1 aromatic rings. The fourth-order valence-corrected chi connectivity index (χ4v) is 3.50. The number of carboxylic acids is 1. The molecule has 2 atom stereocenters. The number of aryl methyl sites for hydroxylation is 1. The summed E-state index contributed by atoms with van der Waals surface area (Å²) in [4.78, 5) is 10.9. The Kier molecular flexibility index (Phi) is 3.82. The van der Waals surface area contributed by atoms with Gasteiger partial charge in [0.1, 0.15) is 5.75 Å². The lowest BCUT2D eigenvalue weighted by Crippen LogP contribution is -2.26. The Balaban J connectivity index is 2.27. The highest BCUT2D eigenvalue weighted by molar-refractivity contribution is 7.93. The van der Waals surface area contributed by atoms with Gasteiger partial charge in [0.25, 0.3) is 0 Å². The number of anilines is 1. The van der Waals surface area contributed by atoms with E-state index in [2.05, 4.69) is 0 Å². The fraction of sp³-hybridized carbons (Fsp3) is 0.462. The summed E-state index contributed by atoms with van der Waals surface area (Å²) in [6, 6.07) is 5.58. The average molecular weight is 267 g/mol. The Morgan fingerprint density at radius 3 is 2.78 bits per heavy atom. The van der Waals surface area contributed by atoms with Crippen molar-refractivity contribution in [3.05, 3.63) is 29.3 Å². The van der Waals surface area contributed by atoms with Crippen molar-refractivity contribution in [1.82, 2.24) is 0 Å². The molecule has 1 fully saturated rings. The minimum Gasteiger partial charge on any atom is -0.593 e. The first kappa shape index (κ1) is 13.2. The number of carboxylic acid groups (broad SMARTS) is 1. The van der Waals surface area contributed by atoms with E-state index in [4.69, 9.17) is 5.11 Å². The molecule has 5 heteroatoms. The molecule has 0 aliphatic carbocycles. The van der Waals surface area contributed by atoms with Crippen molar-refractivity contribution in [2.24, 2.45) is 0 Å². The molecule has 18 heavy (non-hydrogen) atoms. The van der Waals surface area contributed by atoms with Crippen LogP contribution in [-0.4, -0.2) is 27.9 Å². The van der Waals surface area contributed by atoms with Gasteiger partial charge in [0.2, 0.25) is 0 Å². The molecule has 0 bridgehead atoms. The van der Waals surface area contributed by atoms with E-state index in [1.807, 2.05) is 29.4 Å². The van der Waals surface area contributed by atoms with Crippen LogP contribution in [0.1, 0.15) is 30.4 Å². The van der Waals surface area contributed by atoms with Gasteiger partial charge in [-0.1, -0.05) is 12.1 Å². The number of aliphatic carboxylic acids is 1. The van der Waals surface area contributed by atoms with Crippen molar-refractivity contribution in [3.63, 3.8) is 0 Å². The zero-order valence-corrected chi connectivity index (χ0v) is 11.4. The highest BCUT2D eigenvalue weighted by Crippen LogP contribution is 2.29. The smallest absolute Gasteiger partial charge is 0.310 e. The summed E-state index contributed by atoms with van der Waals surface area (Å²) in [5, 5.41) is 8.99. The molecular formula is C13H17NO3S. The molecular weight excluding hydrogens is 250 g/mol. The third-order valence-corrected chi connectivity index (χ3v) is 4.79. The SMILES string of the molecule is Cc1cc(C(C)C(=O)O)ccc1N1CCC[S+]1[O-]. The topological polar surface area (TPSA) is 63.6 Å². The van der Waals surface area contributed by atoms with E-state index in [-0.39, 0.29) is 0 Å². The normalized spacial score (nSPS) is 21.1. The summed E-state index contributed by atoms with van der Waals surface area (Å²) < 4.78 is 13.7. The molecule has 0 saturated carbocycles. The van der Waals surface area contributed by atoms with E-state index in [1.165, 1.54) is 0 Å². The molecule has 1 N–H and O–H groups in total. The molecule has 0 radical (unpaired) electrons. The summed E-state index contributed by atoms with van der Waals surface area (Å²) in [7, 11) is 0. The van der Waals surface area contributed by atoms with Gasteiger partial charge in [-0.05, 0) is 31.0 Å². The van der Waals surface area contributed by atoms with Crippen LogP contribution in [-0.2, 0) is 16.2 Å². The number of benzene rings is 1. The number of hydrogen-bond donors (Lipinski definition) is 1. The van der Waals surface area contributed by atoms with Crippen molar-refractivity contribution in [1.29, 1.82) is 0 Å². The summed E-state index contributed by atoms with van der Waals surface area (Å²) in [5.41, 5.74) is 2.72. The standard InChI is InChI=1S/C13H17NO3S/c1-9-8-11(10(2)13(15)16)4-5-12(9)14-6-3-7-18(14)17/h4-5,8,10H,3,6-7H2,1-2H3,(H,15,16). The zero-order valence-electron chi connectivity index (χ0n) is 10.5. The third-order valence-electron chi connectivity index (χ3n) is 3.29. The highest BCUT2D eigenvalue weighted by Gasteiger charge is 2.28. The second-order valence-electron chi connectivity index (χ2n) is 4.59. The van der Waals surface area contributed by atoms with Crippen molar-refractivity contribution in [2.75, 3.05) is 16.6 Å². The van der Waals surface area contributed by atoms with E-state index < -0.39 is 23.2 Å². The lowest BCUT2D eigenvalue weighted by Gasteiger charge is -2.21. The van der Waals surface area contributed by atoms with Gasteiger partial charge in [0, 0.05) is 6.42 Å². The van der Waals surface area contributed by atoms with E-state index in [9.17, 15) is 9.35 Å². The van der Waals surface area contributed by atoms with Crippen LogP contribution in [0, 0.1) is 6.92 Å². The van der Waals surface area contributed by atoms with Crippen LogP contribution in [0.3, 0.4) is 0 Å². The van der Waals surface area contributed by atoms with E-state index in [1.54, 1.807) is 6.92 Å². The molecule has 2 unspecified atom stereocenters. The molecule has 4 nitrogen and oxygen atoms in total. The van der Waals surface area contributed by atoms with Crippen LogP contribution < -0.4 is 4.31 Å². The maximum Gasteiger partial charge on any atom is 0.310 e. The Morgan fingerprint density at radius 1 is 1.56 bits per heavy atom. The second kappa shape index (κ2) is 5.20. The van der Waals surface area contributed by atoms with Crippen molar-refractivity contribution >= 4 is 23.0 Å². The minimum absolute atomic E-state index is 0.512. The molecule has 1 aromatic carbocycles. The van der Waals surface area contributed by atoms with Crippen LogP contribution in [0.2, 0.25) is 0 Å². The van der Waals surface area contributed by atoms with Gasteiger partial charge >= 0.3 is 5.97 Å². The Labute approximate surface area is 110 Å². The fourth-order valence-electron chi connectivity index (χ4n) is 2.14. The molecule has 2 rings (SSSR count). The van der Waals surface area contributed by atoms with E-state index in [0.29, 0.717) is 5.75 Å². The first-order valence-electron chi connectivity index (χ1n) is 6.00. The highest BCUT2D eigenvalue weighted by atomic mass is 32.2. The van der Waals surface area contributed by atoms with Crippen LogP contribution >= 0.6 is 0 Å². The van der Waals surface area contributed by atoms with Crippen LogP contribution in [0.15, 0.2) is 18.2 Å². The van der Waals surface area contributed by atoms with Gasteiger partial charge in [-0.15, -0.1) is 0 Å². The number of hydrogen-bond acceptors (Lipinski definition) is 3. The first-order valence-corrected chi connectivity index (χ1v) is 7.27. The van der Waals surface area contributed by atoms with Gasteiger partial charge in [-0.2, -0.15) is 4.31 Å². The molecule has 0 spiro atoms. The maximum absolute atomic E-state index is 11.8. The van der Waals surface area contributed by atoms with Gasteiger partial charge in [-0.3, -0.25) is 4.79 Å². The van der Waals surface area contributed by atoms with Crippen LogP contribution in [0.25, 0.3) is 0 Å². The minimum atomic E-state index is -0.931. The largest absolute Gasteiger partial charge is 0.593 e. The first-order chi connectivity index (χ1) is 8.50. The predicted octanol–water partition coefficient (Wildman–Crippen LogP) is 2.06. The number of rotatable bonds is 3. The molecule has 0 amide bonds. The van der Waals surface area contributed by atoms with E-state index >= 15 is 0 Å². The molecule has 1 saturated heterocycles. The Bertz CT molecular complexity index is 464. The Morgan fingerprint density at radius 2 is 2.28 bits per heavy atom.